The van der Waals surface area contributed by atoms with Gasteiger partial charge in [-0.05, 0) is 42.5 Å². The summed E-state index contributed by atoms with van der Waals surface area (Å²) in [6.45, 7) is 3.23. The predicted molar refractivity (Wildman–Crippen MR) is 83.1 cm³/mol. The van der Waals surface area contributed by atoms with E-state index in [0.717, 1.165) is 5.41 Å². The number of rotatable bonds is 5. The topological polar surface area (TPSA) is 116 Å². The minimum Gasteiger partial charge on any atom is -0.506 e. The van der Waals surface area contributed by atoms with E-state index in [9.17, 15) is 18.3 Å². The molecule has 0 heterocycles. The lowest BCUT2D eigenvalue weighted by atomic mass is 10.2. The zero-order valence-electron chi connectivity index (χ0n) is 11.7. The Labute approximate surface area is 132 Å². The number of phenolic OH excluding ortho intramolecular Hbond substituents is 1. The third kappa shape index (κ3) is 3.80. The van der Waals surface area contributed by atoms with Crippen LogP contribution in [0.2, 0.25) is 0 Å². The fraction of sp³-hybridized carbons (Fsp3) is 0. The minimum absolute atomic E-state index is 0.00677. The number of carboxylic acids is 1. The van der Waals surface area contributed by atoms with Gasteiger partial charge in [-0.3, -0.25) is 0 Å². The van der Waals surface area contributed by atoms with Gasteiger partial charge in [-0.1, -0.05) is 6.58 Å². The Balaban J connectivity index is 2.29. The van der Waals surface area contributed by atoms with E-state index in [1.165, 1.54) is 42.5 Å². The van der Waals surface area contributed by atoms with E-state index in [2.05, 4.69) is 16.8 Å². The van der Waals surface area contributed by atoms with Crippen molar-refractivity contribution in [3.63, 3.8) is 0 Å². The number of benzene rings is 2. The summed E-state index contributed by atoms with van der Waals surface area (Å²) in [5, 5.41) is 27.0. The highest BCUT2D eigenvalue weighted by Crippen LogP contribution is 2.29. The number of carbonyl (C=O) groups is 1. The van der Waals surface area contributed by atoms with Crippen molar-refractivity contribution in [2.24, 2.45) is 10.2 Å². The van der Waals surface area contributed by atoms with Gasteiger partial charge in [-0.2, -0.15) is 5.11 Å². The molecule has 0 aliphatic heterocycles. The third-order valence-electron chi connectivity index (χ3n) is 2.88. The number of phenols is 1. The van der Waals surface area contributed by atoms with Gasteiger partial charge >= 0.3 is 5.97 Å². The number of hydrogen-bond donors (Lipinski definition) is 2. The molecular formula is C15H12N2O5S. The van der Waals surface area contributed by atoms with Gasteiger partial charge in [0.2, 0.25) is 0 Å². The monoisotopic (exact) mass is 332 g/mol. The Hall–Kier alpha value is -3.00. The van der Waals surface area contributed by atoms with E-state index in [4.69, 9.17) is 5.11 Å². The van der Waals surface area contributed by atoms with Crippen LogP contribution in [0.25, 0.3) is 0 Å². The molecule has 0 radical (unpaired) electrons. The van der Waals surface area contributed by atoms with Crippen LogP contribution in [0.4, 0.5) is 11.4 Å². The van der Waals surface area contributed by atoms with E-state index in [0.29, 0.717) is 5.69 Å². The molecule has 0 aliphatic carbocycles. The summed E-state index contributed by atoms with van der Waals surface area (Å²) in [5.41, 5.74) is 0.296. The summed E-state index contributed by atoms with van der Waals surface area (Å²) in [4.78, 5) is 11.0. The molecule has 0 unspecified atom stereocenters. The molecule has 2 aromatic rings. The molecule has 8 heteroatoms. The highest BCUT2D eigenvalue weighted by molar-refractivity contribution is 7.94. The third-order valence-corrected chi connectivity index (χ3v) is 4.25. The minimum atomic E-state index is -3.52. The molecule has 0 fully saturated rings. The number of carboxylic acid groups (broad SMARTS) is 1. The SMILES string of the molecule is C=CS(=O)(=O)c1ccc(N=Nc2cc(C(=O)O)ccc2O)cc1. The second-order valence-electron chi connectivity index (χ2n) is 4.41. The quantitative estimate of drug-likeness (QED) is 0.814. The number of sulfone groups is 1. The molecule has 118 valence electrons. The van der Waals surface area contributed by atoms with Crippen LogP contribution in [0.3, 0.4) is 0 Å². The van der Waals surface area contributed by atoms with Gasteiger partial charge in [0.1, 0.15) is 11.4 Å². The highest BCUT2D eigenvalue weighted by Gasteiger charge is 2.09. The van der Waals surface area contributed by atoms with Crippen molar-refractivity contribution in [2.45, 2.75) is 4.90 Å². The van der Waals surface area contributed by atoms with Gasteiger partial charge in [0.25, 0.3) is 0 Å². The van der Waals surface area contributed by atoms with Crippen molar-refractivity contribution in [2.75, 3.05) is 0 Å². The van der Waals surface area contributed by atoms with E-state index in [1.807, 2.05) is 0 Å². The van der Waals surface area contributed by atoms with Crippen molar-refractivity contribution >= 4 is 27.2 Å². The molecule has 23 heavy (non-hydrogen) atoms. The standard InChI is InChI=1S/C15H12N2O5S/c1-2-23(21,22)12-6-4-11(5-7-12)16-17-13-9-10(15(19)20)3-8-14(13)18/h2-9,18H,1H2,(H,19,20). The molecule has 0 spiro atoms. The summed E-state index contributed by atoms with van der Waals surface area (Å²) in [7, 11) is -3.52. The smallest absolute Gasteiger partial charge is 0.335 e. The molecule has 0 atom stereocenters. The molecule has 2 N–H and O–H groups in total. The van der Waals surface area contributed by atoms with Crippen molar-refractivity contribution in [3.8, 4) is 5.75 Å². The maximum atomic E-state index is 11.6. The van der Waals surface area contributed by atoms with Gasteiger partial charge < -0.3 is 10.2 Å². The highest BCUT2D eigenvalue weighted by atomic mass is 32.2. The number of nitrogens with zero attached hydrogens (tertiary/aromatic N) is 2. The van der Waals surface area contributed by atoms with Crippen molar-refractivity contribution < 1.29 is 23.4 Å². The van der Waals surface area contributed by atoms with Crippen molar-refractivity contribution in [3.05, 3.63) is 60.0 Å². The summed E-state index contributed by atoms with van der Waals surface area (Å²) in [6, 6.07) is 9.18. The molecule has 0 saturated carbocycles. The predicted octanol–water partition coefficient (Wildman–Crippen LogP) is 3.42. The van der Waals surface area contributed by atoms with Crippen LogP contribution in [-0.4, -0.2) is 24.6 Å². The first-order valence-corrected chi connectivity index (χ1v) is 7.84. The second-order valence-corrected chi connectivity index (χ2v) is 6.31. The molecule has 7 nitrogen and oxygen atoms in total. The van der Waals surface area contributed by atoms with Gasteiger partial charge in [0.05, 0.1) is 16.1 Å². The first-order valence-electron chi connectivity index (χ1n) is 6.29. The van der Waals surface area contributed by atoms with Crippen LogP contribution >= 0.6 is 0 Å². The molecule has 0 aromatic heterocycles. The number of aromatic carboxylic acids is 1. The Morgan fingerprint density at radius 2 is 1.74 bits per heavy atom. The number of azo groups is 1. The summed E-state index contributed by atoms with van der Waals surface area (Å²) >= 11 is 0. The zero-order valence-corrected chi connectivity index (χ0v) is 12.6. The number of aromatic hydroxyl groups is 1. The fourth-order valence-corrected chi connectivity index (χ4v) is 2.35. The Morgan fingerprint density at radius 3 is 2.30 bits per heavy atom. The average molecular weight is 332 g/mol. The Bertz CT molecular complexity index is 887. The van der Waals surface area contributed by atoms with Crippen LogP contribution in [0.1, 0.15) is 10.4 Å². The summed E-state index contributed by atoms with van der Waals surface area (Å²) in [5.74, 6) is -1.37. The van der Waals surface area contributed by atoms with E-state index in [1.54, 1.807) is 0 Å². The molecule has 2 aromatic carbocycles. The molecule has 0 amide bonds. The first kappa shape index (κ1) is 16.4. The lowest BCUT2D eigenvalue weighted by molar-refractivity contribution is 0.0697. The zero-order chi connectivity index (χ0) is 17.0. The lowest BCUT2D eigenvalue weighted by Gasteiger charge is -2.01. The van der Waals surface area contributed by atoms with Gasteiger partial charge in [-0.15, -0.1) is 5.11 Å². The average Bonchev–Trinajstić information content (AvgIpc) is 2.54. The van der Waals surface area contributed by atoms with Gasteiger partial charge in [0.15, 0.2) is 9.84 Å². The first-order chi connectivity index (χ1) is 10.8. The molecule has 2 rings (SSSR count). The summed E-state index contributed by atoms with van der Waals surface area (Å²) in [6.07, 6.45) is 0. The summed E-state index contributed by atoms with van der Waals surface area (Å²) < 4.78 is 23.2. The maximum absolute atomic E-state index is 11.6. The Kier molecular flexibility index (Phi) is 4.56. The normalized spacial score (nSPS) is 11.5. The van der Waals surface area contributed by atoms with E-state index < -0.39 is 15.8 Å². The van der Waals surface area contributed by atoms with Gasteiger partial charge in [0, 0.05) is 5.41 Å². The number of hydrogen-bond acceptors (Lipinski definition) is 6. The van der Waals surface area contributed by atoms with Crippen LogP contribution in [-0.2, 0) is 9.84 Å². The van der Waals surface area contributed by atoms with Crippen LogP contribution in [0.5, 0.6) is 5.75 Å². The van der Waals surface area contributed by atoms with Crippen LogP contribution in [0, 0.1) is 0 Å². The largest absolute Gasteiger partial charge is 0.506 e. The van der Waals surface area contributed by atoms with Gasteiger partial charge in [-0.25, -0.2) is 13.2 Å². The van der Waals surface area contributed by atoms with Crippen molar-refractivity contribution in [1.82, 2.24) is 0 Å². The van der Waals surface area contributed by atoms with Crippen molar-refractivity contribution in [1.29, 1.82) is 0 Å². The van der Waals surface area contributed by atoms with Crippen LogP contribution < -0.4 is 0 Å². The van der Waals surface area contributed by atoms with E-state index >= 15 is 0 Å². The lowest BCUT2D eigenvalue weighted by Crippen LogP contribution is -1.94. The van der Waals surface area contributed by atoms with Crippen LogP contribution in [0.15, 0.2) is 69.6 Å². The second kappa shape index (κ2) is 6.41. The molecule has 0 bridgehead atoms. The maximum Gasteiger partial charge on any atom is 0.335 e. The molecule has 0 saturated heterocycles. The fourth-order valence-electron chi connectivity index (χ4n) is 1.65. The molecule has 0 aliphatic rings. The Morgan fingerprint density at radius 1 is 1.09 bits per heavy atom. The van der Waals surface area contributed by atoms with E-state index in [-0.39, 0.29) is 21.9 Å². The molecular weight excluding hydrogens is 320 g/mol.